The predicted octanol–water partition coefficient (Wildman–Crippen LogP) is 0.286. The first-order valence-corrected chi connectivity index (χ1v) is 7.78. The summed E-state index contributed by atoms with van der Waals surface area (Å²) in [5, 5.41) is 12.2. The van der Waals surface area contributed by atoms with Gasteiger partial charge in [0, 0.05) is 37.3 Å². The van der Waals surface area contributed by atoms with Gasteiger partial charge in [0.1, 0.15) is 0 Å². The van der Waals surface area contributed by atoms with Crippen LogP contribution < -0.4 is 10.1 Å². The molecule has 0 radical (unpaired) electrons. The number of hydrogen-bond donors (Lipinski definition) is 2. The van der Waals surface area contributed by atoms with Crippen LogP contribution in [0.5, 0.6) is 5.88 Å². The highest BCUT2D eigenvalue weighted by molar-refractivity contribution is 5.94. The van der Waals surface area contributed by atoms with Crippen LogP contribution in [0, 0.1) is 5.92 Å². The largest absolute Gasteiger partial charge is 0.481 e. The molecule has 0 aromatic carbocycles. The highest BCUT2D eigenvalue weighted by Crippen LogP contribution is 2.37. The summed E-state index contributed by atoms with van der Waals surface area (Å²) >= 11 is 0. The number of amides is 2. The zero-order valence-corrected chi connectivity index (χ0v) is 13.3. The minimum absolute atomic E-state index is 0.00479. The highest BCUT2D eigenvalue weighted by Gasteiger charge is 2.52. The van der Waals surface area contributed by atoms with Crippen molar-refractivity contribution in [3.8, 4) is 5.88 Å². The van der Waals surface area contributed by atoms with E-state index in [-0.39, 0.29) is 18.2 Å². The lowest BCUT2D eigenvalue weighted by Crippen LogP contribution is -2.56. The Morgan fingerprint density at radius 1 is 1.42 bits per heavy atom. The number of rotatable bonds is 3. The van der Waals surface area contributed by atoms with Crippen LogP contribution in [0.2, 0.25) is 0 Å². The number of carbonyl (C=O) groups excluding carboxylic acids is 2. The zero-order chi connectivity index (χ0) is 17.3. The second-order valence-corrected chi connectivity index (χ2v) is 6.18. The number of carboxylic acids is 1. The molecule has 0 saturated carbocycles. The van der Waals surface area contributed by atoms with E-state index in [2.05, 4.69) is 10.3 Å². The number of nitrogens with one attached hydrogen (secondary N) is 1. The standard InChI is InChI=1S/C16H19N3O5/c1-24-13-8-10(2-5-17-13)14(21)19-6-3-16(4-7-19)11(15(22)23)9-12(20)18-16/h2,5,8,11H,3-4,6-7,9H2,1H3,(H,18,20)(H,22,23)/t11-/m1/s1. The number of carboxylic acid groups (broad SMARTS) is 1. The number of methoxy groups -OCH3 is 1. The van der Waals surface area contributed by atoms with E-state index >= 15 is 0 Å². The number of aromatic nitrogens is 1. The van der Waals surface area contributed by atoms with Crippen molar-refractivity contribution in [2.24, 2.45) is 5.92 Å². The Hall–Kier alpha value is -2.64. The molecule has 2 N–H and O–H groups in total. The molecule has 2 amide bonds. The average molecular weight is 333 g/mol. The van der Waals surface area contributed by atoms with Crippen molar-refractivity contribution >= 4 is 17.8 Å². The van der Waals surface area contributed by atoms with E-state index in [1.807, 2.05) is 0 Å². The lowest BCUT2D eigenvalue weighted by molar-refractivity contribution is -0.144. The van der Waals surface area contributed by atoms with Crippen LogP contribution >= 0.6 is 0 Å². The van der Waals surface area contributed by atoms with Crippen molar-refractivity contribution in [1.82, 2.24) is 15.2 Å². The van der Waals surface area contributed by atoms with Gasteiger partial charge in [0.2, 0.25) is 11.8 Å². The maximum atomic E-state index is 12.6. The quantitative estimate of drug-likeness (QED) is 0.823. The second kappa shape index (κ2) is 6.10. The Labute approximate surface area is 138 Å². The minimum Gasteiger partial charge on any atom is -0.481 e. The predicted molar refractivity (Wildman–Crippen MR) is 82.5 cm³/mol. The van der Waals surface area contributed by atoms with Crippen molar-refractivity contribution in [3.63, 3.8) is 0 Å². The summed E-state index contributed by atoms with van der Waals surface area (Å²) in [6, 6.07) is 3.19. The van der Waals surface area contributed by atoms with E-state index in [0.29, 0.717) is 37.4 Å². The fourth-order valence-corrected chi connectivity index (χ4v) is 3.54. The summed E-state index contributed by atoms with van der Waals surface area (Å²) in [7, 11) is 1.48. The van der Waals surface area contributed by atoms with Gasteiger partial charge < -0.3 is 20.1 Å². The Bertz CT molecular complexity index is 682. The molecule has 1 aromatic rings. The third-order valence-electron chi connectivity index (χ3n) is 4.88. The third kappa shape index (κ3) is 2.79. The zero-order valence-electron chi connectivity index (χ0n) is 13.3. The molecule has 1 aromatic heterocycles. The lowest BCUT2D eigenvalue weighted by atomic mass is 9.77. The van der Waals surface area contributed by atoms with Crippen molar-refractivity contribution in [1.29, 1.82) is 0 Å². The molecule has 0 aliphatic carbocycles. The van der Waals surface area contributed by atoms with Crippen LogP contribution in [0.3, 0.4) is 0 Å². The normalized spacial score (nSPS) is 22.3. The van der Waals surface area contributed by atoms with E-state index in [1.165, 1.54) is 13.3 Å². The number of carbonyl (C=O) groups is 3. The van der Waals surface area contributed by atoms with Crippen LogP contribution in [-0.4, -0.2) is 58.5 Å². The summed E-state index contributed by atoms with van der Waals surface area (Å²) in [6.45, 7) is 0.793. The number of likely N-dealkylation sites (tertiary alicyclic amines) is 1. The lowest BCUT2D eigenvalue weighted by Gasteiger charge is -2.41. The van der Waals surface area contributed by atoms with Crippen LogP contribution in [0.25, 0.3) is 0 Å². The van der Waals surface area contributed by atoms with Gasteiger partial charge in [0.15, 0.2) is 0 Å². The smallest absolute Gasteiger partial charge is 0.309 e. The molecule has 8 heteroatoms. The van der Waals surface area contributed by atoms with E-state index in [4.69, 9.17) is 4.74 Å². The van der Waals surface area contributed by atoms with Crippen LogP contribution in [0.1, 0.15) is 29.6 Å². The summed E-state index contributed by atoms with van der Waals surface area (Å²) in [6.07, 6.45) is 2.38. The molecule has 128 valence electrons. The van der Waals surface area contributed by atoms with Gasteiger partial charge in [-0.15, -0.1) is 0 Å². The van der Waals surface area contributed by atoms with Gasteiger partial charge in [-0.3, -0.25) is 14.4 Å². The maximum Gasteiger partial charge on any atom is 0.309 e. The van der Waals surface area contributed by atoms with Crippen molar-refractivity contribution < 1.29 is 24.2 Å². The number of aliphatic carboxylic acids is 1. The molecule has 0 bridgehead atoms. The topological polar surface area (TPSA) is 109 Å². The maximum absolute atomic E-state index is 12.6. The van der Waals surface area contributed by atoms with Gasteiger partial charge in [-0.2, -0.15) is 0 Å². The number of nitrogens with zero attached hydrogens (tertiary/aromatic N) is 2. The van der Waals surface area contributed by atoms with Gasteiger partial charge in [0.05, 0.1) is 18.6 Å². The molecular weight excluding hydrogens is 314 g/mol. The Balaban J connectivity index is 1.71. The van der Waals surface area contributed by atoms with Gasteiger partial charge in [-0.25, -0.2) is 4.98 Å². The van der Waals surface area contributed by atoms with Crippen molar-refractivity contribution in [2.45, 2.75) is 24.8 Å². The van der Waals surface area contributed by atoms with Crippen LogP contribution in [-0.2, 0) is 9.59 Å². The summed E-state index contributed by atoms with van der Waals surface area (Å²) in [5.74, 6) is -1.72. The SMILES string of the molecule is COc1cc(C(=O)N2CCC3(CC2)NC(=O)C[C@@H]3C(=O)O)ccn1. The van der Waals surface area contributed by atoms with E-state index in [9.17, 15) is 19.5 Å². The molecular formula is C16H19N3O5. The average Bonchev–Trinajstić information content (AvgIpc) is 2.91. The third-order valence-corrected chi connectivity index (χ3v) is 4.88. The first-order chi connectivity index (χ1) is 11.4. The van der Waals surface area contributed by atoms with Gasteiger partial charge in [-0.1, -0.05) is 0 Å². The molecule has 3 rings (SSSR count). The number of ether oxygens (including phenoxy) is 1. The van der Waals surface area contributed by atoms with Gasteiger partial charge in [0.25, 0.3) is 5.91 Å². The second-order valence-electron chi connectivity index (χ2n) is 6.18. The monoisotopic (exact) mass is 333 g/mol. The first kappa shape index (κ1) is 16.2. The molecule has 8 nitrogen and oxygen atoms in total. The molecule has 1 atom stereocenters. The van der Waals surface area contributed by atoms with Crippen molar-refractivity contribution in [2.75, 3.05) is 20.2 Å². The van der Waals surface area contributed by atoms with Gasteiger partial charge >= 0.3 is 5.97 Å². The fraction of sp³-hybridized carbons (Fsp3) is 0.500. The molecule has 2 saturated heterocycles. The van der Waals surface area contributed by atoms with E-state index < -0.39 is 17.4 Å². The van der Waals surface area contributed by atoms with Crippen molar-refractivity contribution in [3.05, 3.63) is 23.9 Å². The molecule has 0 unspecified atom stereocenters. The molecule has 24 heavy (non-hydrogen) atoms. The van der Waals surface area contributed by atoms with E-state index in [1.54, 1.807) is 17.0 Å². The van der Waals surface area contributed by atoms with Crippen LogP contribution in [0.4, 0.5) is 0 Å². The summed E-state index contributed by atoms with van der Waals surface area (Å²) in [4.78, 5) is 41.3. The summed E-state index contributed by atoms with van der Waals surface area (Å²) in [5.41, 5.74) is -0.265. The molecule has 2 aliphatic rings. The molecule has 2 fully saturated rings. The Morgan fingerprint density at radius 3 is 2.75 bits per heavy atom. The van der Waals surface area contributed by atoms with E-state index in [0.717, 1.165) is 0 Å². The summed E-state index contributed by atoms with van der Waals surface area (Å²) < 4.78 is 5.03. The number of pyridine rings is 1. The molecule has 1 spiro atoms. The number of piperidine rings is 1. The van der Waals surface area contributed by atoms with Gasteiger partial charge in [-0.05, 0) is 18.9 Å². The number of hydrogen-bond acceptors (Lipinski definition) is 5. The molecule has 3 heterocycles. The van der Waals surface area contributed by atoms with Crippen LogP contribution in [0.15, 0.2) is 18.3 Å². The Kier molecular flexibility index (Phi) is 4.13. The fourth-order valence-electron chi connectivity index (χ4n) is 3.54. The first-order valence-electron chi connectivity index (χ1n) is 7.78. The Morgan fingerprint density at radius 2 is 2.12 bits per heavy atom. The molecule has 2 aliphatic heterocycles. The minimum atomic E-state index is -0.966. The highest BCUT2D eigenvalue weighted by atomic mass is 16.5.